The van der Waals surface area contributed by atoms with Crippen molar-refractivity contribution in [2.24, 2.45) is 0 Å². The van der Waals surface area contributed by atoms with Gasteiger partial charge in [0.1, 0.15) is 0 Å². The number of anilines is 2. The second-order valence-electron chi connectivity index (χ2n) is 5.52. The van der Waals surface area contributed by atoms with Crippen molar-refractivity contribution in [3.8, 4) is 0 Å². The Labute approximate surface area is 134 Å². The number of thiazole rings is 1. The largest absolute Gasteiger partial charge is 0.399 e. The van der Waals surface area contributed by atoms with Crippen molar-refractivity contribution < 1.29 is 4.79 Å². The maximum atomic E-state index is 12.8. The second-order valence-corrected chi connectivity index (χ2v) is 6.39. The molecule has 0 unspecified atom stereocenters. The Morgan fingerprint density at radius 2 is 2.14 bits per heavy atom. The van der Waals surface area contributed by atoms with Crippen LogP contribution in [0.1, 0.15) is 22.3 Å². The van der Waals surface area contributed by atoms with E-state index in [4.69, 9.17) is 5.73 Å². The average molecular weight is 316 g/mol. The zero-order chi connectivity index (χ0) is 15.5. The maximum Gasteiger partial charge on any atom is 0.254 e. The normalized spacial score (nSPS) is 15.7. The number of rotatable bonds is 2. The Hall–Kier alpha value is -2.08. The monoisotopic (exact) mass is 316 g/mol. The van der Waals surface area contributed by atoms with Gasteiger partial charge in [-0.15, -0.1) is 11.3 Å². The number of nitrogens with zero attached hydrogens (tertiary/aromatic N) is 3. The van der Waals surface area contributed by atoms with Gasteiger partial charge in [0.25, 0.3) is 5.91 Å². The molecule has 0 bridgehead atoms. The minimum atomic E-state index is 0.0748. The van der Waals surface area contributed by atoms with Crippen molar-refractivity contribution >= 4 is 28.1 Å². The zero-order valence-electron chi connectivity index (χ0n) is 12.7. The molecule has 0 aliphatic carbocycles. The van der Waals surface area contributed by atoms with Crippen LogP contribution in [0, 0.1) is 6.92 Å². The van der Waals surface area contributed by atoms with Gasteiger partial charge in [0, 0.05) is 49.0 Å². The van der Waals surface area contributed by atoms with Crippen LogP contribution >= 0.6 is 11.3 Å². The number of hydrogen-bond donors (Lipinski definition) is 1. The van der Waals surface area contributed by atoms with E-state index < -0.39 is 0 Å². The smallest absolute Gasteiger partial charge is 0.254 e. The third-order valence-corrected chi connectivity index (χ3v) is 4.80. The molecule has 3 rings (SSSR count). The first-order valence-corrected chi connectivity index (χ1v) is 8.33. The van der Waals surface area contributed by atoms with Gasteiger partial charge in [-0.3, -0.25) is 4.79 Å². The van der Waals surface area contributed by atoms with Crippen molar-refractivity contribution in [3.63, 3.8) is 0 Å². The van der Waals surface area contributed by atoms with E-state index in [1.165, 1.54) is 0 Å². The quantitative estimate of drug-likeness (QED) is 0.864. The molecule has 1 saturated heterocycles. The Balaban J connectivity index is 1.73. The molecule has 0 radical (unpaired) electrons. The summed E-state index contributed by atoms with van der Waals surface area (Å²) in [6.07, 6.45) is 2.77. The fraction of sp³-hybridized carbons (Fsp3) is 0.375. The van der Waals surface area contributed by atoms with Crippen LogP contribution in [0.15, 0.2) is 29.8 Å². The van der Waals surface area contributed by atoms with E-state index in [-0.39, 0.29) is 5.91 Å². The van der Waals surface area contributed by atoms with E-state index in [0.29, 0.717) is 17.8 Å². The molecule has 0 atom stereocenters. The van der Waals surface area contributed by atoms with Gasteiger partial charge in [-0.1, -0.05) is 6.07 Å². The molecule has 1 aliphatic rings. The molecule has 1 amide bonds. The van der Waals surface area contributed by atoms with Gasteiger partial charge < -0.3 is 15.5 Å². The number of carbonyl (C=O) groups excluding carboxylic acids is 1. The predicted octanol–water partition coefficient (Wildman–Crippen LogP) is 2.39. The third-order valence-electron chi connectivity index (χ3n) is 3.96. The molecular weight excluding hydrogens is 296 g/mol. The molecule has 5 nitrogen and oxygen atoms in total. The molecule has 1 fully saturated rings. The predicted molar refractivity (Wildman–Crippen MR) is 90.4 cm³/mol. The van der Waals surface area contributed by atoms with Crippen LogP contribution < -0.4 is 10.6 Å². The van der Waals surface area contributed by atoms with Crippen LogP contribution in [-0.2, 0) is 0 Å². The van der Waals surface area contributed by atoms with Crippen LogP contribution in [0.25, 0.3) is 0 Å². The van der Waals surface area contributed by atoms with Crippen LogP contribution in [0.4, 0.5) is 10.8 Å². The molecule has 0 saturated carbocycles. The summed E-state index contributed by atoms with van der Waals surface area (Å²) in [6, 6.07) is 5.52. The molecule has 2 N–H and O–H groups in total. The van der Waals surface area contributed by atoms with E-state index in [0.717, 1.165) is 36.8 Å². The van der Waals surface area contributed by atoms with Crippen molar-refractivity contribution in [1.82, 2.24) is 9.88 Å². The average Bonchev–Trinajstić information content (AvgIpc) is 2.94. The first-order valence-electron chi connectivity index (χ1n) is 7.45. The van der Waals surface area contributed by atoms with Crippen molar-refractivity contribution in [2.75, 3.05) is 36.8 Å². The van der Waals surface area contributed by atoms with Gasteiger partial charge >= 0.3 is 0 Å². The lowest BCUT2D eigenvalue weighted by Gasteiger charge is -2.22. The van der Waals surface area contributed by atoms with E-state index in [9.17, 15) is 4.79 Å². The first kappa shape index (κ1) is 14.8. The number of aryl methyl sites for hydroxylation is 1. The Morgan fingerprint density at radius 3 is 2.91 bits per heavy atom. The van der Waals surface area contributed by atoms with Crippen molar-refractivity contribution in [1.29, 1.82) is 0 Å². The minimum absolute atomic E-state index is 0.0748. The molecule has 6 heteroatoms. The zero-order valence-corrected chi connectivity index (χ0v) is 13.5. The van der Waals surface area contributed by atoms with Crippen molar-refractivity contribution in [3.05, 3.63) is 40.9 Å². The fourth-order valence-electron chi connectivity index (χ4n) is 2.72. The number of hydrogen-bond acceptors (Lipinski definition) is 5. The number of nitrogens with two attached hydrogens (primary N) is 1. The van der Waals surface area contributed by atoms with Gasteiger partial charge in [0.2, 0.25) is 0 Å². The third kappa shape index (κ3) is 3.06. The lowest BCUT2D eigenvalue weighted by molar-refractivity contribution is 0.0766. The second kappa shape index (κ2) is 6.36. The number of benzene rings is 1. The molecule has 116 valence electrons. The van der Waals surface area contributed by atoms with E-state index >= 15 is 0 Å². The molecule has 22 heavy (non-hydrogen) atoms. The Bertz CT molecular complexity index is 656. The van der Waals surface area contributed by atoms with E-state index in [2.05, 4.69) is 9.88 Å². The maximum absolute atomic E-state index is 12.8. The Kier molecular flexibility index (Phi) is 4.29. The summed E-state index contributed by atoms with van der Waals surface area (Å²) in [5.41, 5.74) is 8.14. The first-order chi connectivity index (χ1) is 10.6. The van der Waals surface area contributed by atoms with Crippen LogP contribution in [0.5, 0.6) is 0 Å². The number of amides is 1. The molecule has 2 heterocycles. The summed E-state index contributed by atoms with van der Waals surface area (Å²) in [4.78, 5) is 21.3. The molecule has 1 aromatic heterocycles. The summed E-state index contributed by atoms with van der Waals surface area (Å²) in [5, 5.41) is 3.02. The van der Waals surface area contributed by atoms with Crippen LogP contribution in [0.2, 0.25) is 0 Å². The van der Waals surface area contributed by atoms with Gasteiger partial charge in [-0.25, -0.2) is 4.98 Å². The summed E-state index contributed by atoms with van der Waals surface area (Å²) < 4.78 is 0. The fourth-order valence-corrected chi connectivity index (χ4v) is 3.42. The minimum Gasteiger partial charge on any atom is -0.399 e. The van der Waals surface area contributed by atoms with Gasteiger partial charge in [0.05, 0.1) is 0 Å². The summed E-state index contributed by atoms with van der Waals surface area (Å²) in [7, 11) is 0. The molecule has 1 aliphatic heterocycles. The number of nitrogen functional groups attached to an aromatic ring is 1. The summed E-state index contributed by atoms with van der Waals surface area (Å²) in [5.74, 6) is 0.0748. The van der Waals surface area contributed by atoms with Gasteiger partial charge in [0.15, 0.2) is 5.13 Å². The van der Waals surface area contributed by atoms with Gasteiger partial charge in [-0.2, -0.15) is 0 Å². The highest BCUT2D eigenvalue weighted by Gasteiger charge is 2.22. The lowest BCUT2D eigenvalue weighted by Crippen LogP contribution is -2.35. The summed E-state index contributed by atoms with van der Waals surface area (Å²) >= 11 is 1.64. The standard InChI is InChI=1S/C16H20N4OS/c1-12-3-4-13(17)11-14(12)15(21)19-6-2-7-20(9-8-19)16-18-5-10-22-16/h3-5,10-11H,2,6-9,17H2,1H3. The van der Waals surface area contributed by atoms with E-state index in [1.807, 2.05) is 35.5 Å². The molecule has 1 aromatic carbocycles. The number of aromatic nitrogens is 1. The highest BCUT2D eigenvalue weighted by Crippen LogP contribution is 2.21. The topological polar surface area (TPSA) is 62.5 Å². The highest BCUT2D eigenvalue weighted by atomic mass is 32.1. The highest BCUT2D eigenvalue weighted by molar-refractivity contribution is 7.13. The van der Waals surface area contributed by atoms with Crippen LogP contribution in [0.3, 0.4) is 0 Å². The SMILES string of the molecule is Cc1ccc(N)cc1C(=O)N1CCCN(c2nccs2)CC1. The molecule has 0 spiro atoms. The van der Waals surface area contributed by atoms with Gasteiger partial charge in [-0.05, 0) is 31.0 Å². The Morgan fingerprint density at radius 1 is 1.27 bits per heavy atom. The lowest BCUT2D eigenvalue weighted by atomic mass is 10.1. The number of carbonyl (C=O) groups is 1. The molecular formula is C16H20N4OS. The molecule has 2 aromatic rings. The van der Waals surface area contributed by atoms with Crippen LogP contribution in [-0.4, -0.2) is 42.0 Å². The van der Waals surface area contributed by atoms with E-state index in [1.54, 1.807) is 17.4 Å². The summed E-state index contributed by atoms with van der Waals surface area (Å²) in [6.45, 7) is 5.20. The van der Waals surface area contributed by atoms with Crippen molar-refractivity contribution in [2.45, 2.75) is 13.3 Å².